The molecule has 5 N–H and O–H groups in total. The highest BCUT2D eigenvalue weighted by Crippen LogP contribution is 2.39. The first-order valence-corrected chi connectivity index (χ1v) is 18.1. The molecule has 1 fully saturated rings. The number of ether oxygens (including phenoxy) is 2. The largest absolute Gasteiger partial charge is 0.388 e. The number of aliphatic hydroxyl groups is 5. The molecular weight excluding hydrogens is 668 g/mol. The third-order valence-corrected chi connectivity index (χ3v) is 9.13. The Labute approximate surface area is 317 Å². The first kappa shape index (κ1) is 45.4. The monoisotopic (exact) mass is 730 g/mol. The van der Waals surface area contributed by atoms with Crippen LogP contribution in [-0.4, -0.2) is 80.3 Å². The van der Waals surface area contributed by atoms with E-state index in [0.717, 1.165) is 33.4 Å². The topological polar surface area (TPSA) is 137 Å². The normalized spacial score (nSPS) is 27.0. The summed E-state index contributed by atoms with van der Waals surface area (Å²) in [5, 5.41) is 50.4. The van der Waals surface area contributed by atoms with Crippen LogP contribution in [0.25, 0.3) is 0 Å². The standard InChI is InChI=1S/C45H62O8/c1-30(16-11-12-17-31(2)19-14-22-33(4)24-26-36-35(6)40(49)37(46)28-44(36,7)8)18-13-20-32(3)21-15-23-34(5)25-27-39(48)45(9,10)53-43-42(51)41(50)38(47)29-52-43/h11-27,37-39,41-43,46-48,50-51H,28-29H2,1-10H3/b12-11+,18-13+,19-14+,21-15+,26-24+,27-25+,30-16+,31-17+,32-20+,33-22+,34-23+/t37-,38+,39?,41-,42+,43-/m0/s1. The van der Waals surface area contributed by atoms with Gasteiger partial charge >= 0.3 is 0 Å². The van der Waals surface area contributed by atoms with Crippen LogP contribution in [-0.2, 0) is 14.3 Å². The van der Waals surface area contributed by atoms with Crippen LogP contribution in [0.15, 0.2) is 142 Å². The molecule has 0 spiro atoms. The first-order valence-electron chi connectivity index (χ1n) is 18.1. The molecule has 1 unspecified atom stereocenters. The van der Waals surface area contributed by atoms with E-state index in [1.54, 1.807) is 32.9 Å². The minimum atomic E-state index is -1.43. The number of rotatable bonds is 15. The zero-order chi connectivity index (χ0) is 39.9. The second-order valence-electron chi connectivity index (χ2n) is 15.1. The molecule has 8 heteroatoms. The maximum absolute atomic E-state index is 12.3. The average molecular weight is 731 g/mol. The van der Waals surface area contributed by atoms with Crippen molar-refractivity contribution in [1.82, 2.24) is 0 Å². The van der Waals surface area contributed by atoms with Crippen molar-refractivity contribution in [3.8, 4) is 0 Å². The lowest BCUT2D eigenvalue weighted by Crippen LogP contribution is -2.56. The lowest BCUT2D eigenvalue weighted by molar-refractivity contribution is -0.304. The summed E-state index contributed by atoms with van der Waals surface area (Å²) >= 11 is 0. The molecule has 0 aromatic heterocycles. The lowest BCUT2D eigenvalue weighted by Gasteiger charge is -2.40. The maximum atomic E-state index is 12.3. The Morgan fingerprint density at radius 3 is 1.72 bits per heavy atom. The minimum Gasteiger partial charge on any atom is -0.388 e. The molecule has 0 saturated carbocycles. The number of Topliss-reactive ketones (excluding diaryl/α,β-unsaturated/α-hetero) is 1. The van der Waals surface area contributed by atoms with E-state index in [-0.39, 0.29) is 17.8 Å². The van der Waals surface area contributed by atoms with Gasteiger partial charge in [0.15, 0.2) is 12.1 Å². The Hall–Kier alpha value is -3.73. The van der Waals surface area contributed by atoms with Gasteiger partial charge in [0.05, 0.1) is 12.2 Å². The Kier molecular flexibility index (Phi) is 18.2. The molecule has 6 atom stereocenters. The van der Waals surface area contributed by atoms with Crippen molar-refractivity contribution < 1.29 is 39.8 Å². The van der Waals surface area contributed by atoms with Crippen LogP contribution in [0.3, 0.4) is 0 Å². The Morgan fingerprint density at radius 2 is 1.21 bits per heavy atom. The summed E-state index contributed by atoms with van der Waals surface area (Å²) in [5.41, 5.74) is 5.48. The summed E-state index contributed by atoms with van der Waals surface area (Å²) in [6, 6.07) is 0. The smallest absolute Gasteiger partial charge is 0.187 e. The predicted octanol–water partition coefficient (Wildman–Crippen LogP) is 7.33. The third kappa shape index (κ3) is 15.3. The van der Waals surface area contributed by atoms with E-state index in [1.165, 1.54) is 0 Å². The molecule has 0 aromatic carbocycles. The van der Waals surface area contributed by atoms with E-state index in [4.69, 9.17) is 9.47 Å². The number of carbonyl (C=O) groups excluding carboxylic acids is 1. The molecule has 1 heterocycles. The van der Waals surface area contributed by atoms with Gasteiger partial charge in [0.2, 0.25) is 0 Å². The number of carbonyl (C=O) groups is 1. The van der Waals surface area contributed by atoms with E-state index >= 15 is 0 Å². The first-order chi connectivity index (χ1) is 24.7. The molecule has 0 amide bonds. The molecule has 2 rings (SSSR count). The van der Waals surface area contributed by atoms with Gasteiger partial charge in [-0.2, -0.15) is 0 Å². The fraction of sp³-hybridized carbons (Fsp3) is 0.444. The lowest BCUT2D eigenvalue weighted by atomic mass is 9.71. The van der Waals surface area contributed by atoms with Gasteiger partial charge in [0.1, 0.15) is 30.5 Å². The van der Waals surface area contributed by atoms with Crippen LogP contribution in [0.2, 0.25) is 0 Å². The number of hydrogen-bond acceptors (Lipinski definition) is 8. The van der Waals surface area contributed by atoms with Crippen LogP contribution in [0, 0.1) is 5.41 Å². The molecule has 0 aromatic rings. The highest BCUT2D eigenvalue weighted by molar-refractivity contribution is 6.00. The van der Waals surface area contributed by atoms with Crippen molar-refractivity contribution in [2.45, 2.75) is 118 Å². The SMILES string of the molecule is CC1=C(/C=C/C(C)=C/C=C/C(C)=C/C=C/C=C(C)/C=C/C=C(C)/C=C/C=C(C)/C=C/C(O)C(C)(C)O[C@@H]2OC[C@@H](O)[C@H](O)[C@H]2O)C(C)(C)C[C@H](O)C1=O. The molecule has 53 heavy (non-hydrogen) atoms. The van der Waals surface area contributed by atoms with Gasteiger partial charge in [-0.25, -0.2) is 0 Å². The van der Waals surface area contributed by atoms with Crippen LogP contribution < -0.4 is 0 Å². The summed E-state index contributed by atoms with van der Waals surface area (Å²) in [4.78, 5) is 12.3. The average Bonchev–Trinajstić information content (AvgIpc) is 3.08. The van der Waals surface area contributed by atoms with Gasteiger partial charge in [-0.15, -0.1) is 0 Å². The van der Waals surface area contributed by atoms with Gasteiger partial charge in [-0.1, -0.05) is 145 Å². The second-order valence-corrected chi connectivity index (χ2v) is 15.1. The number of hydrogen-bond donors (Lipinski definition) is 5. The van der Waals surface area contributed by atoms with Gasteiger partial charge in [0.25, 0.3) is 0 Å². The highest BCUT2D eigenvalue weighted by atomic mass is 16.7. The van der Waals surface area contributed by atoms with Crippen molar-refractivity contribution in [1.29, 1.82) is 0 Å². The summed E-state index contributed by atoms with van der Waals surface area (Å²) < 4.78 is 11.0. The summed E-state index contributed by atoms with van der Waals surface area (Å²) in [6.45, 7) is 19.1. The Bertz CT molecular complexity index is 1630. The minimum absolute atomic E-state index is 0.175. The molecule has 0 bridgehead atoms. The van der Waals surface area contributed by atoms with E-state index < -0.39 is 42.4 Å². The highest BCUT2D eigenvalue weighted by Gasteiger charge is 2.42. The van der Waals surface area contributed by atoms with E-state index in [2.05, 4.69) is 13.8 Å². The second kappa shape index (κ2) is 21.2. The molecular formula is C45H62O8. The quantitative estimate of drug-likeness (QED) is 0.111. The van der Waals surface area contributed by atoms with Crippen molar-refractivity contribution in [3.05, 3.63) is 142 Å². The zero-order valence-electron chi connectivity index (χ0n) is 33.2. The van der Waals surface area contributed by atoms with Crippen molar-refractivity contribution in [3.63, 3.8) is 0 Å². The molecule has 8 nitrogen and oxygen atoms in total. The summed E-state index contributed by atoms with van der Waals surface area (Å²) in [5.74, 6) is -0.183. The van der Waals surface area contributed by atoms with Crippen molar-refractivity contribution in [2.24, 2.45) is 5.41 Å². The van der Waals surface area contributed by atoms with E-state index in [0.29, 0.717) is 12.0 Å². The maximum Gasteiger partial charge on any atom is 0.187 e. The van der Waals surface area contributed by atoms with Crippen LogP contribution in [0.5, 0.6) is 0 Å². The molecule has 290 valence electrons. The Balaban J connectivity index is 1.86. The summed E-state index contributed by atoms with van der Waals surface area (Å²) in [6.07, 6.45) is 26.8. The predicted molar refractivity (Wildman–Crippen MR) is 215 cm³/mol. The number of ketones is 1. The molecule has 0 radical (unpaired) electrons. The third-order valence-electron chi connectivity index (χ3n) is 9.13. The number of allylic oxidation sites excluding steroid dienone is 22. The van der Waals surface area contributed by atoms with Gasteiger partial charge in [0, 0.05) is 0 Å². The molecule has 1 saturated heterocycles. The van der Waals surface area contributed by atoms with E-state index in [9.17, 15) is 30.3 Å². The fourth-order valence-electron chi connectivity index (χ4n) is 5.62. The van der Waals surface area contributed by atoms with Gasteiger partial charge in [-0.3, -0.25) is 4.79 Å². The van der Waals surface area contributed by atoms with Crippen LogP contribution >= 0.6 is 0 Å². The summed E-state index contributed by atoms with van der Waals surface area (Å²) in [7, 11) is 0. The van der Waals surface area contributed by atoms with Crippen LogP contribution in [0.1, 0.15) is 75.7 Å². The van der Waals surface area contributed by atoms with Crippen molar-refractivity contribution >= 4 is 5.78 Å². The fourth-order valence-corrected chi connectivity index (χ4v) is 5.62. The molecule has 2 aliphatic rings. The number of aliphatic hydroxyl groups excluding tert-OH is 5. The zero-order valence-corrected chi connectivity index (χ0v) is 33.2. The van der Waals surface area contributed by atoms with Crippen molar-refractivity contribution in [2.75, 3.05) is 6.61 Å². The molecule has 1 aliphatic carbocycles. The van der Waals surface area contributed by atoms with Gasteiger partial charge < -0.3 is 35.0 Å². The van der Waals surface area contributed by atoms with E-state index in [1.807, 2.05) is 126 Å². The molecule has 1 aliphatic heterocycles. The van der Waals surface area contributed by atoms with Gasteiger partial charge in [-0.05, 0) is 78.4 Å². The van der Waals surface area contributed by atoms with Crippen LogP contribution in [0.4, 0.5) is 0 Å². The Morgan fingerprint density at radius 1 is 0.755 bits per heavy atom.